The smallest absolute Gasteiger partial charge is 0.264 e. The van der Waals surface area contributed by atoms with Crippen molar-refractivity contribution in [2.75, 3.05) is 31.5 Å². The fourth-order valence-corrected chi connectivity index (χ4v) is 4.12. The molecule has 2 rings (SSSR count). The highest BCUT2D eigenvalue weighted by molar-refractivity contribution is 7.92. The van der Waals surface area contributed by atoms with E-state index in [1.54, 1.807) is 36.4 Å². The Balaban J connectivity index is 2.42. The van der Waals surface area contributed by atoms with E-state index in [0.29, 0.717) is 12.2 Å². The topological polar surface area (TPSA) is 62.1 Å². The number of nitrogens with one attached hydrogen (secondary N) is 1. The number of sulfonamides is 1. The summed E-state index contributed by atoms with van der Waals surface area (Å²) in [6, 6.07) is 14.1. The van der Waals surface area contributed by atoms with Crippen LogP contribution < -0.4 is 9.21 Å². The van der Waals surface area contributed by atoms with Gasteiger partial charge in [-0.25, -0.2) is 8.42 Å². The van der Waals surface area contributed by atoms with Gasteiger partial charge in [0.15, 0.2) is 0 Å². The van der Waals surface area contributed by atoms with Gasteiger partial charge in [-0.15, -0.1) is 0 Å². The summed E-state index contributed by atoms with van der Waals surface area (Å²) in [6.45, 7) is 4.35. The van der Waals surface area contributed by atoms with Crippen LogP contribution >= 0.6 is 0 Å². The van der Waals surface area contributed by atoms with Gasteiger partial charge in [0.25, 0.3) is 10.0 Å². The van der Waals surface area contributed by atoms with Crippen molar-refractivity contribution in [2.24, 2.45) is 0 Å². The number of rotatable bonds is 7. The minimum absolute atomic E-state index is 0.0183. The van der Waals surface area contributed by atoms with Crippen LogP contribution in [0, 0.1) is 13.8 Å². The summed E-state index contributed by atoms with van der Waals surface area (Å²) in [6.07, 6.45) is -0.758. The van der Waals surface area contributed by atoms with E-state index >= 15 is 0 Å². The number of benzene rings is 2. The molecule has 0 heterocycles. The lowest BCUT2D eigenvalue weighted by atomic mass is 10.2. The van der Waals surface area contributed by atoms with Gasteiger partial charge in [-0.2, -0.15) is 0 Å². The molecule has 0 saturated heterocycles. The zero-order chi connectivity index (χ0) is 18.6. The van der Waals surface area contributed by atoms with Crippen LogP contribution in [0.5, 0.6) is 0 Å². The highest BCUT2D eigenvalue weighted by atomic mass is 32.2. The van der Waals surface area contributed by atoms with Gasteiger partial charge in [-0.1, -0.05) is 35.4 Å². The first-order chi connectivity index (χ1) is 11.7. The average molecular weight is 364 g/mol. The summed E-state index contributed by atoms with van der Waals surface area (Å²) in [5, 5.41) is 10.3. The number of hydrogen-bond acceptors (Lipinski definition) is 3. The highest BCUT2D eigenvalue weighted by Crippen LogP contribution is 2.24. The number of aliphatic hydroxyl groups excluding tert-OH is 1. The fraction of sp³-hybridized carbons (Fsp3) is 0.368. The average Bonchev–Trinajstić information content (AvgIpc) is 2.53. The molecule has 0 unspecified atom stereocenters. The van der Waals surface area contributed by atoms with Crippen LogP contribution in [0.4, 0.5) is 5.69 Å². The lowest BCUT2D eigenvalue weighted by Gasteiger charge is -2.27. The van der Waals surface area contributed by atoms with Crippen LogP contribution in [-0.2, 0) is 10.0 Å². The lowest BCUT2D eigenvalue weighted by Crippen LogP contribution is -3.07. The summed E-state index contributed by atoms with van der Waals surface area (Å²) < 4.78 is 27.6. The Labute approximate surface area is 150 Å². The quantitative estimate of drug-likeness (QED) is 0.772. The Bertz CT molecular complexity index is 784. The summed E-state index contributed by atoms with van der Waals surface area (Å²) in [5.41, 5.74) is 2.60. The summed E-state index contributed by atoms with van der Waals surface area (Å²) >= 11 is 0. The molecule has 0 radical (unpaired) electrons. The van der Waals surface area contributed by atoms with E-state index in [9.17, 15) is 13.5 Å². The summed E-state index contributed by atoms with van der Waals surface area (Å²) in [5.74, 6) is 0. The standard InChI is InChI=1S/C19H26N2O3S/c1-15-5-9-17(10-6-15)21(14-18(22)13-20(3)4)25(23,24)19-11-7-16(2)8-12-19/h5-12,18,22H,13-14H2,1-4H3/p+1/t18-/m1/s1. The maximum Gasteiger partial charge on any atom is 0.264 e. The lowest BCUT2D eigenvalue weighted by molar-refractivity contribution is -0.861. The molecule has 25 heavy (non-hydrogen) atoms. The SMILES string of the molecule is Cc1ccc(N(C[C@H](O)C[NH+](C)C)S(=O)(=O)c2ccc(C)cc2)cc1. The molecule has 0 bridgehead atoms. The minimum Gasteiger partial charge on any atom is -0.385 e. The van der Waals surface area contributed by atoms with Crippen LogP contribution in [0.3, 0.4) is 0 Å². The predicted molar refractivity (Wildman–Crippen MR) is 101 cm³/mol. The Kier molecular flexibility index (Phi) is 6.21. The van der Waals surface area contributed by atoms with Crippen molar-refractivity contribution in [2.45, 2.75) is 24.8 Å². The van der Waals surface area contributed by atoms with Crippen LogP contribution in [0.1, 0.15) is 11.1 Å². The Morgan fingerprint density at radius 1 is 0.960 bits per heavy atom. The first-order valence-electron chi connectivity index (χ1n) is 8.33. The second-order valence-corrected chi connectivity index (χ2v) is 8.61. The number of nitrogens with zero attached hydrogens (tertiary/aromatic N) is 1. The van der Waals surface area contributed by atoms with Gasteiger partial charge in [-0.05, 0) is 38.1 Å². The van der Waals surface area contributed by atoms with Crippen molar-refractivity contribution in [1.82, 2.24) is 0 Å². The molecule has 0 spiro atoms. The molecular formula is C19H27N2O3S+. The van der Waals surface area contributed by atoms with Gasteiger partial charge in [0.05, 0.1) is 31.2 Å². The molecule has 136 valence electrons. The van der Waals surface area contributed by atoms with Crippen LogP contribution in [0.15, 0.2) is 53.4 Å². The van der Waals surface area contributed by atoms with E-state index in [-0.39, 0.29) is 11.4 Å². The van der Waals surface area contributed by atoms with E-state index in [1.807, 2.05) is 40.1 Å². The monoisotopic (exact) mass is 363 g/mol. The molecule has 5 nitrogen and oxygen atoms in total. The van der Waals surface area contributed by atoms with Crippen molar-refractivity contribution in [1.29, 1.82) is 0 Å². The molecule has 2 aromatic rings. The highest BCUT2D eigenvalue weighted by Gasteiger charge is 2.27. The van der Waals surface area contributed by atoms with Gasteiger partial charge >= 0.3 is 0 Å². The molecule has 0 aliphatic rings. The normalized spacial score (nSPS) is 13.0. The maximum absolute atomic E-state index is 13.2. The molecule has 0 aliphatic heterocycles. The van der Waals surface area contributed by atoms with Gasteiger partial charge in [0, 0.05) is 0 Å². The number of anilines is 1. The third-order valence-corrected chi connectivity index (χ3v) is 5.76. The largest absolute Gasteiger partial charge is 0.385 e. The van der Waals surface area contributed by atoms with Crippen LogP contribution in [0.25, 0.3) is 0 Å². The second-order valence-electron chi connectivity index (χ2n) is 6.75. The van der Waals surface area contributed by atoms with E-state index in [0.717, 1.165) is 16.0 Å². The van der Waals surface area contributed by atoms with E-state index in [4.69, 9.17) is 0 Å². The molecule has 0 amide bonds. The Morgan fingerprint density at radius 3 is 1.92 bits per heavy atom. The Hall–Kier alpha value is -1.89. The minimum atomic E-state index is -3.75. The van der Waals surface area contributed by atoms with Gasteiger partial charge in [0.2, 0.25) is 0 Å². The van der Waals surface area contributed by atoms with Crippen molar-refractivity contribution >= 4 is 15.7 Å². The summed E-state index contributed by atoms with van der Waals surface area (Å²) in [7, 11) is 0.0985. The maximum atomic E-state index is 13.2. The van der Waals surface area contributed by atoms with Crippen LogP contribution in [-0.4, -0.2) is 46.8 Å². The number of aliphatic hydroxyl groups is 1. The number of hydrogen-bond donors (Lipinski definition) is 2. The second kappa shape index (κ2) is 7.99. The zero-order valence-electron chi connectivity index (χ0n) is 15.2. The fourth-order valence-electron chi connectivity index (χ4n) is 2.62. The molecule has 2 aromatic carbocycles. The third kappa shape index (κ3) is 5.04. The zero-order valence-corrected chi connectivity index (χ0v) is 16.0. The number of likely N-dealkylation sites (N-methyl/N-ethyl adjacent to an activating group) is 1. The molecule has 2 N–H and O–H groups in total. The van der Waals surface area contributed by atoms with Crippen LogP contribution in [0.2, 0.25) is 0 Å². The first kappa shape index (κ1) is 19.4. The molecule has 0 aliphatic carbocycles. The van der Waals surface area contributed by atoms with Crippen molar-refractivity contribution < 1.29 is 18.4 Å². The van der Waals surface area contributed by atoms with E-state index < -0.39 is 16.1 Å². The molecule has 0 aromatic heterocycles. The molecule has 0 saturated carbocycles. The van der Waals surface area contributed by atoms with E-state index in [1.165, 1.54) is 4.31 Å². The van der Waals surface area contributed by atoms with Crippen molar-refractivity contribution in [3.05, 3.63) is 59.7 Å². The van der Waals surface area contributed by atoms with Gasteiger partial charge < -0.3 is 10.0 Å². The van der Waals surface area contributed by atoms with Crippen molar-refractivity contribution in [3.63, 3.8) is 0 Å². The Morgan fingerprint density at radius 2 is 1.44 bits per heavy atom. The van der Waals surface area contributed by atoms with Crippen molar-refractivity contribution in [3.8, 4) is 0 Å². The predicted octanol–water partition coefficient (Wildman–Crippen LogP) is 1.00. The summed E-state index contributed by atoms with van der Waals surface area (Å²) in [4.78, 5) is 1.28. The number of quaternary nitrogens is 1. The number of aryl methyl sites for hydroxylation is 2. The van der Waals surface area contributed by atoms with Gasteiger partial charge in [0.1, 0.15) is 12.6 Å². The van der Waals surface area contributed by atoms with E-state index in [2.05, 4.69) is 0 Å². The molecular weight excluding hydrogens is 336 g/mol. The first-order valence-corrected chi connectivity index (χ1v) is 9.77. The van der Waals surface area contributed by atoms with Gasteiger partial charge in [-0.3, -0.25) is 4.31 Å². The molecule has 6 heteroatoms. The molecule has 0 fully saturated rings. The molecule has 1 atom stereocenters. The third-order valence-electron chi connectivity index (χ3n) is 3.95.